The molecule has 3 fully saturated rings. The first kappa shape index (κ1) is 25.2. The zero-order valence-electron chi connectivity index (χ0n) is 22.9. The summed E-state index contributed by atoms with van der Waals surface area (Å²) >= 11 is 0. The van der Waals surface area contributed by atoms with Crippen LogP contribution in [0.15, 0.2) is 24.4 Å². The van der Waals surface area contributed by atoms with Crippen LogP contribution in [0.5, 0.6) is 5.75 Å². The summed E-state index contributed by atoms with van der Waals surface area (Å²) in [7, 11) is 5.91. The van der Waals surface area contributed by atoms with Crippen LogP contribution in [0, 0.1) is 5.92 Å². The number of benzene rings is 1. The molecular weight excluding hydrogens is 478 g/mol. The Morgan fingerprint density at radius 3 is 2.53 bits per heavy atom. The van der Waals surface area contributed by atoms with Crippen molar-refractivity contribution < 1.29 is 9.53 Å². The van der Waals surface area contributed by atoms with Crippen molar-refractivity contribution in [2.24, 2.45) is 5.92 Å². The zero-order chi connectivity index (χ0) is 26.2. The number of nitrogens with zero attached hydrogens (tertiary/aromatic N) is 5. The van der Waals surface area contributed by atoms with Crippen molar-refractivity contribution in [2.75, 3.05) is 56.0 Å². The number of methoxy groups -OCH3 is 1. The number of ether oxygens (including phenoxy) is 1. The molecule has 2 aliphatic carbocycles. The van der Waals surface area contributed by atoms with E-state index in [1.807, 2.05) is 18.3 Å². The number of carbonyl (C=O) groups excluding carboxylic acids is 1. The number of carbonyl (C=O) groups is 1. The van der Waals surface area contributed by atoms with Crippen molar-refractivity contribution >= 4 is 29.0 Å². The van der Waals surface area contributed by atoms with Crippen molar-refractivity contribution in [2.45, 2.75) is 69.5 Å². The number of anilines is 4. The van der Waals surface area contributed by atoms with Gasteiger partial charge in [0.05, 0.1) is 30.7 Å². The van der Waals surface area contributed by atoms with Crippen LogP contribution in [0.1, 0.15) is 61.7 Å². The molecule has 1 aromatic carbocycles. The van der Waals surface area contributed by atoms with Crippen LogP contribution in [0.3, 0.4) is 0 Å². The summed E-state index contributed by atoms with van der Waals surface area (Å²) in [6.07, 6.45) is 11.6. The van der Waals surface area contributed by atoms with Crippen LogP contribution in [0.25, 0.3) is 0 Å². The molecule has 9 nitrogen and oxygen atoms in total. The van der Waals surface area contributed by atoms with Gasteiger partial charge in [-0.3, -0.25) is 4.79 Å². The lowest BCUT2D eigenvalue weighted by molar-refractivity contribution is 0.0916. The van der Waals surface area contributed by atoms with Gasteiger partial charge in [0.25, 0.3) is 5.91 Å². The van der Waals surface area contributed by atoms with E-state index in [1.54, 1.807) is 13.2 Å². The van der Waals surface area contributed by atoms with Gasteiger partial charge in [-0.25, -0.2) is 4.98 Å². The normalized spacial score (nSPS) is 22.9. The van der Waals surface area contributed by atoms with Gasteiger partial charge in [0, 0.05) is 31.2 Å². The quantitative estimate of drug-likeness (QED) is 0.567. The molecule has 0 bridgehead atoms. The first-order chi connectivity index (χ1) is 18.5. The van der Waals surface area contributed by atoms with Gasteiger partial charge in [-0.15, -0.1) is 0 Å². The Hall–Kier alpha value is -3.07. The number of aromatic nitrogens is 2. The summed E-state index contributed by atoms with van der Waals surface area (Å²) in [4.78, 5) is 30.0. The lowest BCUT2D eigenvalue weighted by Gasteiger charge is -2.45. The summed E-state index contributed by atoms with van der Waals surface area (Å²) < 4.78 is 5.68. The number of hydrogen-bond acceptors (Lipinski definition) is 8. The molecule has 0 unspecified atom stereocenters. The Morgan fingerprint density at radius 1 is 1.05 bits per heavy atom. The summed E-state index contributed by atoms with van der Waals surface area (Å²) in [6, 6.07) is 6.83. The van der Waals surface area contributed by atoms with Gasteiger partial charge < -0.3 is 30.1 Å². The molecule has 0 spiro atoms. The minimum Gasteiger partial charge on any atom is -0.495 e. The summed E-state index contributed by atoms with van der Waals surface area (Å²) in [5.74, 6) is 2.91. The minimum atomic E-state index is -0.0594. The first-order valence-corrected chi connectivity index (χ1v) is 14.3. The highest BCUT2D eigenvalue weighted by molar-refractivity contribution is 5.95. The number of piperidine rings is 1. The maximum absolute atomic E-state index is 12.9. The van der Waals surface area contributed by atoms with E-state index in [-0.39, 0.29) is 11.9 Å². The molecule has 2 aromatic rings. The van der Waals surface area contributed by atoms with Crippen LogP contribution in [-0.4, -0.2) is 79.7 Å². The summed E-state index contributed by atoms with van der Waals surface area (Å²) in [5.41, 5.74) is 2.45. The maximum atomic E-state index is 12.9. The van der Waals surface area contributed by atoms with Crippen molar-refractivity contribution in [3.63, 3.8) is 0 Å². The second-order valence-corrected chi connectivity index (χ2v) is 11.6. The molecule has 1 aromatic heterocycles. The molecule has 9 heteroatoms. The van der Waals surface area contributed by atoms with E-state index in [4.69, 9.17) is 9.72 Å². The van der Waals surface area contributed by atoms with E-state index in [0.717, 1.165) is 55.6 Å². The van der Waals surface area contributed by atoms with Crippen LogP contribution in [-0.2, 0) is 0 Å². The molecule has 0 radical (unpaired) electrons. The smallest absolute Gasteiger partial charge is 0.251 e. The van der Waals surface area contributed by atoms with Crippen LogP contribution in [0.2, 0.25) is 0 Å². The molecule has 4 aliphatic rings. The van der Waals surface area contributed by atoms with Gasteiger partial charge in [0.15, 0.2) is 5.82 Å². The Balaban J connectivity index is 1.22. The van der Waals surface area contributed by atoms with Gasteiger partial charge in [-0.05, 0) is 82.8 Å². The standard InChI is InChI=1S/C29H41N7O2/c1-34-14-12-21(13-15-34)31-28(37)20-10-11-23(26(16-20)38-3)32-29-30-17-24-27(33-29)36(22-6-4-5-7-22)25(18-35(24)2)19-8-9-19/h10-11,16-17,19,21-22,25H,4-9,12-15,18H2,1-3H3,(H,31,37)(H,30,32,33)/t25-/m0/s1. The predicted molar refractivity (Wildman–Crippen MR) is 151 cm³/mol. The van der Waals surface area contributed by atoms with Crippen molar-refractivity contribution in [1.29, 1.82) is 0 Å². The molecular formula is C29H41N7O2. The number of hydrogen-bond donors (Lipinski definition) is 2. The molecule has 3 heterocycles. The molecule has 38 heavy (non-hydrogen) atoms. The predicted octanol–water partition coefficient (Wildman–Crippen LogP) is 4.03. The van der Waals surface area contributed by atoms with Crippen LogP contribution >= 0.6 is 0 Å². The van der Waals surface area contributed by atoms with E-state index in [1.165, 1.54) is 38.5 Å². The van der Waals surface area contributed by atoms with Gasteiger partial charge in [0.2, 0.25) is 5.95 Å². The lowest BCUT2D eigenvalue weighted by Crippen LogP contribution is -2.53. The second-order valence-electron chi connectivity index (χ2n) is 11.6. The number of rotatable bonds is 7. The van der Waals surface area contributed by atoms with Crippen molar-refractivity contribution in [3.8, 4) is 5.75 Å². The van der Waals surface area contributed by atoms with Crippen LogP contribution in [0.4, 0.5) is 23.1 Å². The fraction of sp³-hybridized carbons (Fsp3) is 0.621. The highest BCUT2D eigenvalue weighted by Gasteiger charge is 2.44. The molecule has 204 valence electrons. The minimum absolute atomic E-state index is 0.0594. The average molecular weight is 520 g/mol. The third-order valence-electron chi connectivity index (χ3n) is 8.87. The Bertz CT molecular complexity index is 1160. The SMILES string of the molecule is COc1cc(C(=O)NC2CCN(C)CC2)ccc1Nc1ncc2c(n1)N(C1CCCC1)[C@H](C1CC1)CN2C. The van der Waals surface area contributed by atoms with Gasteiger partial charge in [-0.1, -0.05) is 12.8 Å². The van der Waals surface area contributed by atoms with E-state index in [9.17, 15) is 4.79 Å². The monoisotopic (exact) mass is 519 g/mol. The second kappa shape index (κ2) is 10.6. The van der Waals surface area contributed by atoms with Crippen molar-refractivity contribution in [1.82, 2.24) is 20.2 Å². The fourth-order valence-corrected chi connectivity index (χ4v) is 6.47. The molecule has 2 saturated carbocycles. The molecule has 1 saturated heterocycles. The van der Waals surface area contributed by atoms with E-state index >= 15 is 0 Å². The van der Waals surface area contributed by atoms with E-state index < -0.39 is 0 Å². The summed E-state index contributed by atoms with van der Waals surface area (Å²) in [6.45, 7) is 3.06. The molecule has 1 amide bonds. The number of amides is 1. The molecule has 2 aliphatic heterocycles. The highest BCUT2D eigenvalue weighted by Crippen LogP contribution is 2.46. The number of fused-ring (bicyclic) bond motifs is 1. The summed E-state index contributed by atoms with van der Waals surface area (Å²) in [5, 5.41) is 6.57. The average Bonchev–Trinajstić information content (AvgIpc) is 3.64. The number of likely N-dealkylation sites (N-methyl/N-ethyl adjacent to an activating group) is 1. The third-order valence-corrected chi connectivity index (χ3v) is 8.87. The Morgan fingerprint density at radius 2 is 1.82 bits per heavy atom. The van der Waals surface area contributed by atoms with E-state index in [0.29, 0.717) is 29.3 Å². The Kier molecular flexibility index (Phi) is 7.03. The topological polar surface area (TPSA) is 85.9 Å². The van der Waals surface area contributed by atoms with Crippen LogP contribution < -0.4 is 25.2 Å². The first-order valence-electron chi connectivity index (χ1n) is 14.3. The Labute approximate surface area is 225 Å². The van der Waals surface area contributed by atoms with Gasteiger partial charge in [0.1, 0.15) is 5.75 Å². The maximum Gasteiger partial charge on any atom is 0.251 e. The number of nitrogens with one attached hydrogen (secondary N) is 2. The lowest BCUT2D eigenvalue weighted by atomic mass is 10.0. The largest absolute Gasteiger partial charge is 0.495 e. The fourth-order valence-electron chi connectivity index (χ4n) is 6.47. The van der Waals surface area contributed by atoms with Gasteiger partial charge in [-0.2, -0.15) is 4.98 Å². The molecule has 2 N–H and O–H groups in total. The molecule has 6 rings (SSSR count). The van der Waals surface area contributed by atoms with Gasteiger partial charge >= 0.3 is 0 Å². The molecule has 1 atom stereocenters. The highest BCUT2D eigenvalue weighted by atomic mass is 16.5. The zero-order valence-corrected chi connectivity index (χ0v) is 22.9. The third kappa shape index (κ3) is 5.13. The van der Waals surface area contributed by atoms with Crippen molar-refractivity contribution in [3.05, 3.63) is 30.0 Å². The number of likely N-dealkylation sites (tertiary alicyclic amines) is 1. The van der Waals surface area contributed by atoms with E-state index in [2.05, 4.69) is 44.4 Å².